The van der Waals surface area contributed by atoms with Gasteiger partial charge in [0.2, 0.25) is 0 Å². The predicted octanol–water partition coefficient (Wildman–Crippen LogP) is 4.07. The van der Waals surface area contributed by atoms with Crippen molar-refractivity contribution in [3.63, 3.8) is 0 Å². The van der Waals surface area contributed by atoms with Gasteiger partial charge in [-0.1, -0.05) is 31.2 Å². The Bertz CT molecular complexity index is 795. The lowest BCUT2D eigenvalue weighted by molar-refractivity contribution is 0.0823. The molecule has 2 aromatic rings. The topological polar surface area (TPSA) is 35.5 Å². The van der Waals surface area contributed by atoms with Crippen molar-refractivity contribution >= 4 is 11.8 Å². The van der Waals surface area contributed by atoms with Crippen LogP contribution in [0.2, 0.25) is 0 Å². The number of aliphatic hydroxyl groups excluding tert-OH is 1. The van der Waals surface area contributed by atoms with E-state index in [2.05, 4.69) is 30.4 Å². The molecule has 2 N–H and O–H groups in total. The number of nitrogens with zero attached hydrogens (tertiary/aromatic N) is 1. The van der Waals surface area contributed by atoms with E-state index in [1.807, 2.05) is 22.6 Å². The van der Waals surface area contributed by atoms with Gasteiger partial charge in [-0.2, -0.15) is 0 Å². The first-order valence-electron chi connectivity index (χ1n) is 9.50. The standard InChI is InChI=1S/C22H26F2N2OS/c1-2-16-4-3-5-17(8-16)13-25-14-22(27)21(26-6-7-28-15-26)11-18-9-19(23)12-20(24)10-18/h3-10,12,21-22,25,27H,2,11,13-15H2,1H3/t21-,22+/m0/s1. The smallest absolute Gasteiger partial charge is 0.126 e. The molecule has 1 aliphatic rings. The molecule has 3 nitrogen and oxygen atoms in total. The molecule has 2 atom stereocenters. The van der Waals surface area contributed by atoms with E-state index in [4.69, 9.17) is 0 Å². The number of aliphatic hydroxyl groups is 1. The van der Waals surface area contributed by atoms with Crippen molar-refractivity contribution in [2.75, 3.05) is 12.4 Å². The lowest BCUT2D eigenvalue weighted by Crippen LogP contribution is -2.46. The highest BCUT2D eigenvalue weighted by Gasteiger charge is 2.26. The van der Waals surface area contributed by atoms with E-state index in [0.29, 0.717) is 25.1 Å². The van der Waals surface area contributed by atoms with Crippen molar-refractivity contribution in [1.29, 1.82) is 0 Å². The lowest BCUT2D eigenvalue weighted by atomic mass is 9.99. The highest BCUT2D eigenvalue weighted by atomic mass is 32.2. The molecule has 0 saturated heterocycles. The lowest BCUT2D eigenvalue weighted by Gasteiger charge is -2.32. The Morgan fingerprint density at radius 1 is 1.11 bits per heavy atom. The molecule has 0 aliphatic carbocycles. The van der Waals surface area contributed by atoms with Crippen LogP contribution in [0.15, 0.2) is 54.1 Å². The number of hydrogen-bond acceptors (Lipinski definition) is 4. The van der Waals surface area contributed by atoms with Gasteiger partial charge >= 0.3 is 0 Å². The Kier molecular flexibility index (Phi) is 7.48. The van der Waals surface area contributed by atoms with Crippen LogP contribution in [0.1, 0.15) is 23.6 Å². The number of aryl methyl sites for hydroxylation is 1. The summed E-state index contributed by atoms with van der Waals surface area (Å²) >= 11 is 1.64. The van der Waals surface area contributed by atoms with Crippen LogP contribution < -0.4 is 5.32 Å². The van der Waals surface area contributed by atoms with Gasteiger partial charge in [-0.05, 0) is 47.1 Å². The first kappa shape index (κ1) is 20.8. The first-order valence-corrected chi connectivity index (χ1v) is 10.6. The molecule has 1 heterocycles. The third-order valence-electron chi connectivity index (χ3n) is 4.89. The minimum Gasteiger partial charge on any atom is -0.390 e. The van der Waals surface area contributed by atoms with Gasteiger partial charge in [0.25, 0.3) is 0 Å². The molecule has 0 fully saturated rings. The van der Waals surface area contributed by atoms with Gasteiger partial charge in [-0.25, -0.2) is 8.78 Å². The van der Waals surface area contributed by atoms with E-state index in [1.54, 1.807) is 11.8 Å². The summed E-state index contributed by atoms with van der Waals surface area (Å²) in [5, 5.41) is 16.1. The summed E-state index contributed by atoms with van der Waals surface area (Å²) in [5.41, 5.74) is 3.00. The van der Waals surface area contributed by atoms with Gasteiger partial charge in [0, 0.05) is 25.4 Å². The second kappa shape index (κ2) is 10.0. The van der Waals surface area contributed by atoms with Crippen LogP contribution in [-0.4, -0.2) is 34.6 Å². The van der Waals surface area contributed by atoms with E-state index in [9.17, 15) is 13.9 Å². The van der Waals surface area contributed by atoms with Crippen molar-refractivity contribution < 1.29 is 13.9 Å². The zero-order chi connectivity index (χ0) is 19.9. The molecule has 0 unspecified atom stereocenters. The Hall–Kier alpha value is -1.89. The summed E-state index contributed by atoms with van der Waals surface area (Å²) in [6.45, 7) is 3.18. The van der Waals surface area contributed by atoms with Crippen LogP contribution in [0.4, 0.5) is 8.78 Å². The summed E-state index contributed by atoms with van der Waals surface area (Å²) < 4.78 is 27.1. The fourth-order valence-corrected chi connectivity index (χ4v) is 4.18. The Morgan fingerprint density at radius 3 is 2.54 bits per heavy atom. The van der Waals surface area contributed by atoms with Crippen molar-refractivity contribution in [1.82, 2.24) is 10.2 Å². The molecule has 0 bridgehead atoms. The van der Waals surface area contributed by atoms with Crippen molar-refractivity contribution in [3.8, 4) is 0 Å². The minimum atomic E-state index is -0.677. The number of benzene rings is 2. The fourth-order valence-electron chi connectivity index (χ4n) is 3.40. The predicted molar refractivity (Wildman–Crippen MR) is 111 cm³/mol. The van der Waals surface area contributed by atoms with Gasteiger partial charge in [-0.3, -0.25) is 0 Å². The molecule has 0 radical (unpaired) electrons. The van der Waals surface area contributed by atoms with E-state index < -0.39 is 17.7 Å². The normalized spacial score (nSPS) is 15.8. The number of rotatable bonds is 9. The average Bonchev–Trinajstić information content (AvgIpc) is 3.20. The van der Waals surface area contributed by atoms with Gasteiger partial charge in [0.1, 0.15) is 11.6 Å². The zero-order valence-corrected chi connectivity index (χ0v) is 16.8. The van der Waals surface area contributed by atoms with Crippen LogP contribution in [-0.2, 0) is 19.4 Å². The molecular formula is C22H26F2N2OS. The molecule has 6 heteroatoms. The van der Waals surface area contributed by atoms with Gasteiger partial charge in [0.15, 0.2) is 0 Å². The third-order valence-corrected chi connectivity index (χ3v) is 5.65. The Balaban J connectivity index is 1.63. The second-order valence-corrected chi connectivity index (χ2v) is 7.88. The molecule has 28 heavy (non-hydrogen) atoms. The fraction of sp³-hybridized carbons (Fsp3) is 0.364. The number of thioether (sulfide) groups is 1. The highest BCUT2D eigenvalue weighted by Crippen LogP contribution is 2.23. The molecule has 2 aromatic carbocycles. The largest absolute Gasteiger partial charge is 0.390 e. The SMILES string of the molecule is CCc1cccc(CNC[C@@H](O)[C@H](Cc2cc(F)cc(F)c2)N2C=CSC2)c1. The first-order chi connectivity index (χ1) is 13.5. The van der Waals surface area contributed by atoms with Gasteiger partial charge in [-0.15, -0.1) is 11.8 Å². The molecule has 3 rings (SSSR count). The van der Waals surface area contributed by atoms with Crippen LogP contribution in [0.3, 0.4) is 0 Å². The molecule has 0 amide bonds. The van der Waals surface area contributed by atoms with Crippen molar-refractivity contribution in [2.24, 2.45) is 0 Å². The van der Waals surface area contributed by atoms with Crippen LogP contribution >= 0.6 is 11.8 Å². The maximum Gasteiger partial charge on any atom is 0.126 e. The number of nitrogens with one attached hydrogen (secondary N) is 1. The van der Waals surface area contributed by atoms with Crippen LogP contribution in [0, 0.1) is 11.6 Å². The summed E-state index contributed by atoms with van der Waals surface area (Å²) in [4.78, 5) is 2.03. The quantitative estimate of drug-likeness (QED) is 0.661. The monoisotopic (exact) mass is 404 g/mol. The van der Waals surface area contributed by atoms with E-state index in [0.717, 1.165) is 18.4 Å². The number of hydrogen-bond donors (Lipinski definition) is 2. The zero-order valence-electron chi connectivity index (χ0n) is 15.9. The summed E-state index contributed by atoms with van der Waals surface area (Å²) in [6.07, 6.45) is 2.61. The Labute approximate surface area is 169 Å². The maximum absolute atomic E-state index is 13.6. The summed E-state index contributed by atoms with van der Waals surface area (Å²) in [5.74, 6) is -0.468. The van der Waals surface area contributed by atoms with Gasteiger partial charge < -0.3 is 15.3 Å². The summed E-state index contributed by atoms with van der Waals surface area (Å²) in [6, 6.07) is 11.6. The summed E-state index contributed by atoms with van der Waals surface area (Å²) in [7, 11) is 0. The average molecular weight is 405 g/mol. The van der Waals surface area contributed by atoms with E-state index in [1.165, 1.54) is 23.3 Å². The molecule has 0 spiro atoms. The van der Waals surface area contributed by atoms with Crippen molar-refractivity contribution in [2.45, 2.75) is 38.5 Å². The molecule has 0 saturated carbocycles. The van der Waals surface area contributed by atoms with Crippen LogP contribution in [0.5, 0.6) is 0 Å². The molecule has 150 valence electrons. The highest BCUT2D eigenvalue weighted by molar-refractivity contribution is 8.02. The second-order valence-electron chi connectivity index (χ2n) is 7.02. The number of halogens is 2. The van der Waals surface area contributed by atoms with Crippen LogP contribution in [0.25, 0.3) is 0 Å². The minimum absolute atomic E-state index is 0.262. The molecule has 1 aliphatic heterocycles. The molecule has 0 aromatic heterocycles. The van der Waals surface area contributed by atoms with E-state index >= 15 is 0 Å². The maximum atomic E-state index is 13.6. The Morgan fingerprint density at radius 2 is 1.86 bits per heavy atom. The van der Waals surface area contributed by atoms with Gasteiger partial charge in [0.05, 0.1) is 18.0 Å². The molecular weight excluding hydrogens is 378 g/mol. The van der Waals surface area contributed by atoms with Crippen molar-refractivity contribution in [3.05, 3.63) is 82.4 Å². The van der Waals surface area contributed by atoms with E-state index in [-0.39, 0.29) is 6.04 Å². The third kappa shape index (κ3) is 5.80.